The maximum Gasteiger partial charge on any atom is 0.330 e. The Morgan fingerprint density at radius 1 is 1.42 bits per heavy atom. The predicted octanol–water partition coefficient (Wildman–Crippen LogP) is 2.39. The van der Waals surface area contributed by atoms with Crippen molar-refractivity contribution in [3.05, 3.63) is 30.9 Å². The van der Waals surface area contributed by atoms with Gasteiger partial charge in [0.05, 0.1) is 19.7 Å². The predicted molar refractivity (Wildman–Crippen MR) is 74.7 cm³/mol. The molecule has 0 spiro atoms. The molecule has 0 aromatic carbocycles. The van der Waals surface area contributed by atoms with Crippen LogP contribution in [0.2, 0.25) is 0 Å². The molecule has 0 unspecified atom stereocenters. The Kier molecular flexibility index (Phi) is 6.93. The summed E-state index contributed by atoms with van der Waals surface area (Å²) in [4.78, 5) is 10.8. The van der Waals surface area contributed by atoms with E-state index in [0.717, 1.165) is 38.8 Å². The first-order chi connectivity index (χ1) is 9.19. The first kappa shape index (κ1) is 15.5. The molecule has 0 aliphatic carbocycles. The van der Waals surface area contributed by atoms with E-state index >= 15 is 0 Å². The number of ether oxygens (including phenoxy) is 1. The van der Waals surface area contributed by atoms with E-state index in [-0.39, 0.29) is 5.97 Å². The third-order valence-electron chi connectivity index (χ3n) is 3.30. The molecule has 1 rings (SSSR count). The van der Waals surface area contributed by atoms with Crippen molar-refractivity contribution < 1.29 is 14.1 Å². The number of hydrogen-bond acceptors (Lipinski definition) is 2. The summed E-state index contributed by atoms with van der Waals surface area (Å²) in [5, 5.41) is 0. The van der Waals surface area contributed by atoms with Crippen molar-refractivity contribution in [1.82, 2.24) is 4.57 Å². The van der Waals surface area contributed by atoms with Gasteiger partial charge in [0.1, 0.15) is 12.4 Å². The number of imidazole rings is 1. The number of rotatable bonds is 9. The zero-order valence-electron chi connectivity index (χ0n) is 12.1. The molecule has 0 amide bonds. The van der Waals surface area contributed by atoms with Gasteiger partial charge in [-0.15, -0.1) is 0 Å². The minimum Gasteiger partial charge on any atom is -0.463 e. The zero-order chi connectivity index (χ0) is 14.1. The molecule has 4 nitrogen and oxygen atoms in total. The summed E-state index contributed by atoms with van der Waals surface area (Å²) >= 11 is 0. The van der Waals surface area contributed by atoms with E-state index in [1.165, 1.54) is 11.9 Å². The van der Waals surface area contributed by atoms with Crippen LogP contribution in [-0.4, -0.2) is 17.1 Å². The maximum atomic E-state index is 10.8. The summed E-state index contributed by atoms with van der Waals surface area (Å²) in [6, 6.07) is 0. The lowest BCUT2D eigenvalue weighted by molar-refractivity contribution is -0.702. The summed E-state index contributed by atoms with van der Waals surface area (Å²) < 4.78 is 9.47. The zero-order valence-corrected chi connectivity index (χ0v) is 12.1. The Hall–Kier alpha value is -1.58. The number of carbonyl (C=O) groups is 1. The fraction of sp³-hybridized carbons (Fsp3) is 0.600. The van der Waals surface area contributed by atoms with Crippen LogP contribution in [0.5, 0.6) is 0 Å². The van der Waals surface area contributed by atoms with E-state index in [1.54, 1.807) is 0 Å². The highest BCUT2D eigenvalue weighted by Crippen LogP contribution is 2.01. The van der Waals surface area contributed by atoms with Gasteiger partial charge in [-0.25, -0.2) is 13.9 Å². The highest BCUT2D eigenvalue weighted by Gasteiger charge is 2.09. The summed E-state index contributed by atoms with van der Waals surface area (Å²) in [5.74, 6) is 0.981. The molecule has 1 aromatic heterocycles. The maximum absolute atomic E-state index is 10.8. The van der Waals surface area contributed by atoms with Crippen LogP contribution in [0.15, 0.2) is 25.0 Å². The number of esters is 1. The average Bonchev–Trinajstić information content (AvgIpc) is 2.78. The van der Waals surface area contributed by atoms with Gasteiger partial charge in [-0.3, -0.25) is 0 Å². The average molecular weight is 265 g/mol. The SMILES string of the molecule is C=CC(=O)OCCCCCC[n+]1ccn(CC)c1C. The fourth-order valence-electron chi connectivity index (χ4n) is 2.08. The molecule has 106 valence electrons. The second-order valence-electron chi connectivity index (χ2n) is 4.61. The van der Waals surface area contributed by atoms with E-state index in [4.69, 9.17) is 4.74 Å². The molecule has 0 aliphatic rings. The number of aryl methyl sites for hydroxylation is 2. The van der Waals surface area contributed by atoms with Crippen LogP contribution in [0.3, 0.4) is 0 Å². The van der Waals surface area contributed by atoms with E-state index < -0.39 is 0 Å². The molecule has 1 heterocycles. The second kappa shape index (κ2) is 8.51. The van der Waals surface area contributed by atoms with Gasteiger partial charge in [0.25, 0.3) is 5.82 Å². The van der Waals surface area contributed by atoms with Gasteiger partial charge < -0.3 is 4.74 Å². The second-order valence-corrected chi connectivity index (χ2v) is 4.61. The van der Waals surface area contributed by atoms with Crippen molar-refractivity contribution in [2.45, 2.75) is 52.6 Å². The molecular weight excluding hydrogens is 240 g/mol. The Morgan fingerprint density at radius 2 is 2.16 bits per heavy atom. The molecule has 0 aliphatic heterocycles. The van der Waals surface area contributed by atoms with Crippen molar-refractivity contribution in [3.63, 3.8) is 0 Å². The summed E-state index contributed by atoms with van der Waals surface area (Å²) in [6.45, 7) is 10.3. The van der Waals surface area contributed by atoms with Crippen LogP contribution in [0.25, 0.3) is 0 Å². The highest BCUT2D eigenvalue weighted by atomic mass is 16.5. The molecule has 0 saturated carbocycles. The molecule has 0 radical (unpaired) electrons. The van der Waals surface area contributed by atoms with Crippen molar-refractivity contribution in [1.29, 1.82) is 0 Å². The quantitative estimate of drug-likeness (QED) is 0.297. The minimum absolute atomic E-state index is 0.327. The highest BCUT2D eigenvalue weighted by molar-refractivity contribution is 5.81. The lowest BCUT2D eigenvalue weighted by Crippen LogP contribution is -2.35. The van der Waals surface area contributed by atoms with Gasteiger partial charge in [0.15, 0.2) is 0 Å². The molecule has 19 heavy (non-hydrogen) atoms. The van der Waals surface area contributed by atoms with Crippen LogP contribution in [0.4, 0.5) is 0 Å². The molecule has 1 aromatic rings. The largest absolute Gasteiger partial charge is 0.463 e. The van der Waals surface area contributed by atoms with Gasteiger partial charge in [-0.2, -0.15) is 0 Å². The Balaban J connectivity index is 2.09. The standard InChI is InChI=1S/C15H25N2O2/c1-4-15(18)19-13-9-7-6-8-10-17-12-11-16(5-2)14(17)3/h4,11-12H,1,5-10,13H2,2-3H3/q+1. The lowest BCUT2D eigenvalue weighted by atomic mass is 10.2. The Labute approximate surface area is 115 Å². The molecule has 0 bridgehead atoms. The van der Waals surface area contributed by atoms with E-state index in [9.17, 15) is 4.79 Å². The Morgan fingerprint density at radius 3 is 2.79 bits per heavy atom. The molecule has 0 N–H and O–H groups in total. The van der Waals surface area contributed by atoms with Gasteiger partial charge in [0, 0.05) is 13.0 Å². The van der Waals surface area contributed by atoms with Gasteiger partial charge in [-0.05, 0) is 32.6 Å². The molecule has 0 fully saturated rings. The smallest absolute Gasteiger partial charge is 0.330 e. The van der Waals surface area contributed by atoms with Crippen LogP contribution < -0.4 is 4.57 Å². The number of carbonyl (C=O) groups excluding carboxylic acids is 1. The van der Waals surface area contributed by atoms with Gasteiger partial charge >= 0.3 is 5.97 Å². The number of aromatic nitrogens is 2. The van der Waals surface area contributed by atoms with Gasteiger partial charge in [0.2, 0.25) is 0 Å². The lowest BCUT2D eigenvalue weighted by Gasteiger charge is -2.02. The van der Waals surface area contributed by atoms with E-state index in [2.05, 4.69) is 42.0 Å². The topological polar surface area (TPSA) is 35.1 Å². The number of nitrogens with zero attached hydrogens (tertiary/aromatic N) is 2. The third-order valence-corrected chi connectivity index (χ3v) is 3.30. The molecule has 0 saturated heterocycles. The Bertz CT molecular complexity index is 410. The van der Waals surface area contributed by atoms with E-state index in [1.807, 2.05) is 0 Å². The monoisotopic (exact) mass is 265 g/mol. The van der Waals surface area contributed by atoms with E-state index in [0.29, 0.717) is 6.61 Å². The summed E-state index contributed by atoms with van der Waals surface area (Å²) in [5.41, 5.74) is 0. The normalized spacial score (nSPS) is 10.4. The van der Waals surface area contributed by atoms with Crippen molar-refractivity contribution in [3.8, 4) is 0 Å². The summed E-state index contributed by atoms with van der Waals surface area (Å²) in [6.07, 6.45) is 9.83. The van der Waals surface area contributed by atoms with Crippen molar-refractivity contribution >= 4 is 5.97 Å². The first-order valence-corrected chi connectivity index (χ1v) is 7.03. The molecule has 4 heteroatoms. The van der Waals surface area contributed by atoms with Crippen molar-refractivity contribution in [2.75, 3.05) is 6.61 Å². The van der Waals surface area contributed by atoms with Crippen LogP contribution in [-0.2, 0) is 22.6 Å². The van der Waals surface area contributed by atoms with Crippen LogP contribution in [0.1, 0.15) is 38.4 Å². The fourth-order valence-corrected chi connectivity index (χ4v) is 2.08. The number of hydrogen-bond donors (Lipinski definition) is 0. The molecular formula is C15H25N2O2+. The van der Waals surface area contributed by atoms with Gasteiger partial charge in [-0.1, -0.05) is 6.58 Å². The third kappa shape index (κ3) is 5.28. The first-order valence-electron chi connectivity index (χ1n) is 7.03. The van der Waals surface area contributed by atoms with Crippen LogP contribution in [0, 0.1) is 6.92 Å². The minimum atomic E-state index is -0.327. The van der Waals surface area contributed by atoms with Crippen LogP contribution >= 0.6 is 0 Å². The number of unbranched alkanes of at least 4 members (excludes halogenated alkanes) is 3. The van der Waals surface area contributed by atoms with Crippen molar-refractivity contribution in [2.24, 2.45) is 0 Å². The molecule has 0 atom stereocenters. The summed E-state index contributed by atoms with van der Waals surface area (Å²) in [7, 11) is 0.